The third-order valence-electron chi connectivity index (χ3n) is 6.32. The van der Waals surface area contributed by atoms with Crippen molar-refractivity contribution in [3.63, 3.8) is 0 Å². The van der Waals surface area contributed by atoms with E-state index in [4.69, 9.17) is 0 Å². The van der Waals surface area contributed by atoms with Crippen LogP contribution in [0.3, 0.4) is 0 Å². The molecule has 0 radical (unpaired) electrons. The van der Waals surface area contributed by atoms with Crippen LogP contribution in [0.1, 0.15) is 62.8 Å². The van der Waals surface area contributed by atoms with Crippen molar-refractivity contribution < 1.29 is 5.11 Å². The summed E-state index contributed by atoms with van der Waals surface area (Å²) in [6, 6.07) is 11.8. The number of benzene rings is 1. The number of nitrogens with one attached hydrogen (secondary N) is 2. The lowest BCUT2D eigenvalue weighted by molar-refractivity contribution is 0.444. The molecule has 6 nitrogen and oxygen atoms in total. The predicted molar refractivity (Wildman–Crippen MR) is 144 cm³/mol. The van der Waals surface area contributed by atoms with Crippen LogP contribution in [0.5, 0.6) is 5.75 Å². The van der Waals surface area contributed by atoms with E-state index < -0.39 is 0 Å². The first-order valence-electron chi connectivity index (χ1n) is 12.2. The number of halogens is 1. The van der Waals surface area contributed by atoms with Crippen LogP contribution in [-0.2, 0) is 13.6 Å². The van der Waals surface area contributed by atoms with Crippen molar-refractivity contribution in [1.29, 1.82) is 0 Å². The quantitative estimate of drug-likeness (QED) is 0.255. The number of fused-ring (bicyclic) bond motifs is 1. The van der Waals surface area contributed by atoms with Crippen LogP contribution in [0.25, 0.3) is 10.9 Å². The van der Waals surface area contributed by atoms with Crippen LogP contribution in [-0.4, -0.2) is 27.7 Å². The lowest BCUT2D eigenvalue weighted by Crippen LogP contribution is -2.21. The van der Waals surface area contributed by atoms with Crippen LogP contribution in [0.4, 0.5) is 5.69 Å². The summed E-state index contributed by atoms with van der Waals surface area (Å²) >= 11 is 0. The van der Waals surface area contributed by atoms with Gasteiger partial charge in [0, 0.05) is 49.2 Å². The molecule has 3 N–H and O–H groups in total. The zero-order valence-electron chi connectivity index (χ0n) is 20.5. The molecule has 0 aliphatic carbocycles. The van der Waals surface area contributed by atoms with E-state index in [-0.39, 0.29) is 23.6 Å². The number of hydrogen-bond acceptors (Lipinski definition) is 5. The van der Waals surface area contributed by atoms with Gasteiger partial charge in [-0.15, -0.1) is 12.4 Å². The Hall–Kier alpha value is -2.57. The molecule has 0 spiro atoms. The van der Waals surface area contributed by atoms with Crippen molar-refractivity contribution in [2.24, 2.45) is 7.05 Å². The van der Waals surface area contributed by atoms with Gasteiger partial charge >= 0.3 is 0 Å². The van der Waals surface area contributed by atoms with Crippen LogP contribution in [0.15, 0.2) is 47.4 Å². The number of hydrogen-bond donors (Lipinski definition) is 3. The van der Waals surface area contributed by atoms with E-state index in [0.29, 0.717) is 12.2 Å². The molecule has 34 heavy (non-hydrogen) atoms. The molecule has 0 atom stereocenters. The second-order valence-corrected chi connectivity index (χ2v) is 8.81. The fourth-order valence-electron chi connectivity index (χ4n) is 4.19. The highest BCUT2D eigenvalue weighted by Gasteiger charge is 2.09. The van der Waals surface area contributed by atoms with Gasteiger partial charge in [0.25, 0.3) is 0 Å². The second kappa shape index (κ2) is 14.6. The Labute approximate surface area is 209 Å². The third-order valence-corrected chi connectivity index (χ3v) is 6.32. The fourth-order valence-corrected chi connectivity index (χ4v) is 4.19. The van der Waals surface area contributed by atoms with Crippen molar-refractivity contribution in [1.82, 2.24) is 14.9 Å². The van der Waals surface area contributed by atoms with Gasteiger partial charge in [-0.3, -0.25) is 9.78 Å². The topological polar surface area (TPSA) is 79.2 Å². The number of rotatable bonds is 14. The van der Waals surface area contributed by atoms with Gasteiger partial charge in [0.05, 0.1) is 11.2 Å². The monoisotopic (exact) mass is 486 g/mol. The summed E-state index contributed by atoms with van der Waals surface area (Å²) in [5.74, 6) is -0.139. The van der Waals surface area contributed by atoms with E-state index in [9.17, 15) is 9.90 Å². The number of anilines is 1. The number of pyridine rings is 2. The fraction of sp³-hybridized carbons (Fsp3) is 0.481. The van der Waals surface area contributed by atoms with Gasteiger partial charge in [-0.25, -0.2) is 0 Å². The number of aromatic nitrogens is 2. The average molecular weight is 487 g/mol. The van der Waals surface area contributed by atoms with Gasteiger partial charge in [0.15, 0.2) is 5.75 Å². The minimum atomic E-state index is -0.302. The molecular formula is C27H39ClN4O2. The number of nitrogens with zero attached hydrogens (tertiary/aromatic N) is 2. The van der Waals surface area contributed by atoms with E-state index in [1.165, 1.54) is 62.1 Å². The van der Waals surface area contributed by atoms with Crippen molar-refractivity contribution in [2.75, 3.05) is 18.4 Å². The van der Waals surface area contributed by atoms with Crippen LogP contribution >= 0.6 is 12.4 Å². The zero-order chi connectivity index (χ0) is 23.5. The molecule has 1 aromatic carbocycles. The maximum absolute atomic E-state index is 11.7. The first kappa shape index (κ1) is 27.7. The Kier molecular flexibility index (Phi) is 11.9. The van der Waals surface area contributed by atoms with Crippen molar-refractivity contribution >= 4 is 29.0 Å². The lowest BCUT2D eigenvalue weighted by Gasteiger charge is -2.14. The van der Waals surface area contributed by atoms with Crippen LogP contribution in [0, 0.1) is 6.92 Å². The summed E-state index contributed by atoms with van der Waals surface area (Å²) in [4.78, 5) is 16.2. The molecule has 0 amide bonds. The summed E-state index contributed by atoms with van der Waals surface area (Å²) in [5.41, 5.74) is 3.43. The molecule has 3 aromatic rings. The second-order valence-electron chi connectivity index (χ2n) is 8.81. The molecule has 0 saturated carbocycles. The van der Waals surface area contributed by atoms with Crippen LogP contribution < -0.4 is 16.1 Å². The maximum atomic E-state index is 11.7. The van der Waals surface area contributed by atoms with E-state index in [0.717, 1.165) is 30.7 Å². The summed E-state index contributed by atoms with van der Waals surface area (Å²) in [6.07, 6.45) is 11.8. The molecule has 0 unspecified atom stereocenters. The highest BCUT2D eigenvalue weighted by atomic mass is 35.5. The summed E-state index contributed by atoms with van der Waals surface area (Å²) in [5, 5.41) is 18.1. The van der Waals surface area contributed by atoms with Crippen molar-refractivity contribution in [2.45, 2.75) is 64.8 Å². The average Bonchev–Trinajstić information content (AvgIpc) is 2.82. The lowest BCUT2D eigenvalue weighted by atomic mass is 10.1. The predicted octanol–water partition coefficient (Wildman–Crippen LogP) is 5.69. The molecule has 0 fully saturated rings. The van der Waals surface area contributed by atoms with Gasteiger partial charge in [-0.05, 0) is 38.4 Å². The molecular weight excluding hydrogens is 448 g/mol. The van der Waals surface area contributed by atoms with E-state index >= 15 is 0 Å². The Balaban J connectivity index is 0.00000408. The molecule has 0 bridgehead atoms. The first-order chi connectivity index (χ1) is 16.1. The smallest absolute Gasteiger partial charge is 0.223 e. The molecule has 2 heterocycles. The first-order valence-corrected chi connectivity index (χ1v) is 12.2. The standard InChI is InChI=1S/C27H38N4O2.ClH/c1-21-19-26(32)27(33)25(31(21)2)20-28-16-11-7-5-3-4-6-8-12-17-29-24-15-18-30-23-14-10-9-13-22(23)24;/h9-10,13-15,18-19,28,33H,3-8,11-12,16-17,20H2,1-2H3,(H,29,30);1H. The number of unbranched alkanes of at least 4 members (excludes halogenated alkanes) is 7. The Morgan fingerprint density at radius 1 is 0.941 bits per heavy atom. The van der Waals surface area contributed by atoms with Gasteiger partial charge in [-0.1, -0.05) is 56.7 Å². The molecule has 186 valence electrons. The van der Waals surface area contributed by atoms with Crippen LogP contribution in [0.2, 0.25) is 0 Å². The normalized spacial score (nSPS) is 10.9. The Morgan fingerprint density at radius 2 is 1.59 bits per heavy atom. The highest BCUT2D eigenvalue weighted by Crippen LogP contribution is 2.21. The van der Waals surface area contributed by atoms with E-state index in [1.807, 2.05) is 30.8 Å². The molecule has 0 aliphatic heterocycles. The number of aromatic hydroxyl groups is 1. The molecule has 2 aromatic heterocycles. The Morgan fingerprint density at radius 3 is 2.32 bits per heavy atom. The number of aryl methyl sites for hydroxylation is 1. The SMILES string of the molecule is Cc1cc(=O)c(O)c(CNCCCCCCCCCCNc2ccnc3ccccc23)n1C.Cl. The van der Waals surface area contributed by atoms with Gasteiger partial charge < -0.3 is 20.3 Å². The van der Waals surface area contributed by atoms with Gasteiger partial charge in [0.2, 0.25) is 5.43 Å². The third kappa shape index (κ3) is 8.03. The molecule has 7 heteroatoms. The maximum Gasteiger partial charge on any atom is 0.223 e. The molecule has 0 saturated heterocycles. The minimum Gasteiger partial charge on any atom is -0.503 e. The van der Waals surface area contributed by atoms with E-state index in [1.54, 1.807) is 0 Å². The van der Waals surface area contributed by atoms with Crippen molar-refractivity contribution in [3.8, 4) is 5.75 Å². The van der Waals surface area contributed by atoms with E-state index in [2.05, 4.69) is 39.9 Å². The summed E-state index contributed by atoms with van der Waals surface area (Å²) < 4.78 is 1.87. The molecule has 3 rings (SSSR count). The highest BCUT2D eigenvalue weighted by molar-refractivity contribution is 5.90. The summed E-state index contributed by atoms with van der Waals surface area (Å²) in [6.45, 7) is 4.30. The van der Waals surface area contributed by atoms with Gasteiger partial charge in [0.1, 0.15) is 0 Å². The number of para-hydroxylation sites is 1. The Bertz CT molecular complexity index is 1080. The molecule has 0 aliphatic rings. The summed E-state index contributed by atoms with van der Waals surface area (Å²) in [7, 11) is 1.88. The minimum absolute atomic E-state index is 0. The van der Waals surface area contributed by atoms with Crippen molar-refractivity contribution in [3.05, 3.63) is 64.2 Å². The zero-order valence-corrected chi connectivity index (χ0v) is 21.3. The van der Waals surface area contributed by atoms with Gasteiger partial charge in [-0.2, -0.15) is 0 Å². The largest absolute Gasteiger partial charge is 0.503 e.